The highest BCUT2D eigenvalue weighted by Crippen LogP contribution is 2.31. The van der Waals surface area contributed by atoms with Crippen molar-refractivity contribution in [2.24, 2.45) is 0 Å². The molecule has 2 aromatic rings. The molecule has 1 aliphatic rings. The van der Waals surface area contributed by atoms with E-state index in [0.29, 0.717) is 24.4 Å². The third kappa shape index (κ3) is 3.56. The number of rotatable bonds is 5. The van der Waals surface area contributed by atoms with Crippen LogP contribution in [-0.4, -0.2) is 55.3 Å². The predicted molar refractivity (Wildman–Crippen MR) is 89.6 cm³/mol. The summed E-state index contributed by atoms with van der Waals surface area (Å²) in [6.07, 6.45) is 1.99. The van der Waals surface area contributed by atoms with Crippen LogP contribution in [0.3, 0.4) is 0 Å². The zero-order valence-corrected chi connectivity index (χ0v) is 14.7. The van der Waals surface area contributed by atoms with E-state index in [1.807, 2.05) is 0 Å². The van der Waals surface area contributed by atoms with E-state index < -0.39 is 11.6 Å². The summed E-state index contributed by atoms with van der Waals surface area (Å²) < 4.78 is 38.3. The Morgan fingerprint density at radius 3 is 2.72 bits per heavy atom. The summed E-state index contributed by atoms with van der Waals surface area (Å²) in [6.45, 7) is 0.851. The number of aromatic nitrogens is 1. The van der Waals surface area contributed by atoms with Crippen LogP contribution in [0.5, 0.6) is 0 Å². The normalized spacial score (nSPS) is 20.2. The van der Waals surface area contributed by atoms with Crippen LogP contribution in [0, 0.1) is 11.6 Å². The number of methoxy groups -OCH3 is 2. The van der Waals surface area contributed by atoms with E-state index in [0.717, 1.165) is 11.3 Å². The second kappa shape index (κ2) is 7.55. The van der Waals surface area contributed by atoms with Crippen LogP contribution in [0.2, 0.25) is 0 Å². The molecule has 0 saturated carbocycles. The van der Waals surface area contributed by atoms with Crippen molar-refractivity contribution in [2.45, 2.75) is 18.6 Å². The van der Waals surface area contributed by atoms with Crippen molar-refractivity contribution in [1.29, 1.82) is 0 Å². The highest BCUT2D eigenvalue weighted by Gasteiger charge is 2.36. The lowest BCUT2D eigenvalue weighted by Crippen LogP contribution is -2.38. The van der Waals surface area contributed by atoms with E-state index in [9.17, 15) is 13.6 Å². The van der Waals surface area contributed by atoms with Crippen molar-refractivity contribution in [3.63, 3.8) is 0 Å². The Kier molecular flexibility index (Phi) is 5.41. The predicted octanol–water partition coefficient (Wildman–Crippen LogP) is 2.96. The summed E-state index contributed by atoms with van der Waals surface area (Å²) in [5.74, 6) is -1.64. The van der Waals surface area contributed by atoms with Gasteiger partial charge in [0.1, 0.15) is 21.5 Å². The molecule has 1 amide bonds. The lowest BCUT2D eigenvalue weighted by molar-refractivity contribution is 0.0616. The zero-order valence-electron chi connectivity index (χ0n) is 13.9. The first-order valence-electron chi connectivity index (χ1n) is 7.78. The lowest BCUT2D eigenvalue weighted by Gasteiger charge is -2.22. The standard InChI is InChI=1S/C17H18F2N2O3S/c1-23-9-10-6-11(24-2)8-21(10)17(22)14-7-20-16(25-14)15-12(18)4-3-5-13(15)19/h3-5,7,10-11H,6,8-9H2,1-2H3/t10-,11+/m0/s1. The summed E-state index contributed by atoms with van der Waals surface area (Å²) in [5, 5.41) is 0.143. The van der Waals surface area contributed by atoms with Gasteiger partial charge in [-0.25, -0.2) is 13.8 Å². The Hall–Kier alpha value is -1.90. The molecule has 5 nitrogen and oxygen atoms in total. The van der Waals surface area contributed by atoms with Crippen molar-refractivity contribution in [3.05, 3.63) is 40.9 Å². The Bertz CT molecular complexity index is 748. The third-order valence-electron chi connectivity index (χ3n) is 4.22. The van der Waals surface area contributed by atoms with Crippen molar-refractivity contribution < 1.29 is 23.0 Å². The van der Waals surface area contributed by atoms with Crippen molar-refractivity contribution in [2.75, 3.05) is 27.4 Å². The molecule has 1 saturated heterocycles. The molecule has 1 aromatic heterocycles. The molecular weight excluding hydrogens is 350 g/mol. The van der Waals surface area contributed by atoms with Gasteiger partial charge in [-0.05, 0) is 18.6 Å². The average Bonchev–Trinajstić information content (AvgIpc) is 3.22. The van der Waals surface area contributed by atoms with Crippen molar-refractivity contribution in [3.8, 4) is 10.6 Å². The largest absolute Gasteiger partial charge is 0.383 e. The highest BCUT2D eigenvalue weighted by atomic mass is 32.1. The van der Waals surface area contributed by atoms with Gasteiger partial charge in [-0.1, -0.05) is 6.07 Å². The molecule has 0 unspecified atom stereocenters. The lowest BCUT2D eigenvalue weighted by atomic mass is 10.2. The summed E-state index contributed by atoms with van der Waals surface area (Å²) in [7, 11) is 3.18. The number of benzene rings is 1. The van der Waals surface area contributed by atoms with E-state index in [-0.39, 0.29) is 28.6 Å². The van der Waals surface area contributed by atoms with Crippen molar-refractivity contribution in [1.82, 2.24) is 9.88 Å². The quantitative estimate of drug-likeness (QED) is 0.814. The maximum atomic E-state index is 13.9. The van der Waals surface area contributed by atoms with Crippen LogP contribution >= 0.6 is 11.3 Å². The molecular formula is C17H18F2N2O3S. The van der Waals surface area contributed by atoms with Crippen molar-refractivity contribution >= 4 is 17.2 Å². The van der Waals surface area contributed by atoms with E-state index in [1.165, 1.54) is 24.4 Å². The number of likely N-dealkylation sites (tertiary alicyclic amines) is 1. The molecule has 25 heavy (non-hydrogen) atoms. The van der Waals surface area contributed by atoms with Gasteiger partial charge in [0.25, 0.3) is 5.91 Å². The molecule has 0 aliphatic carbocycles. The first kappa shape index (κ1) is 17.9. The molecule has 8 heteroatoms. The number of ether oxygens (including phenoxy) is 2. The molecule has 2 heterocycles. The number of nitrogens with zero attached hydrogens (tertiary/aromatic N) is 2. The molecule has 0 bridgehead atoms. The van der Waals surface area contributed by atoms with Gasteiger partial charge in [0.15, 0.2) is 0 Å². The van der Waals surface area contributed by atoms with Gasteiger partial charge >= 0.3 is 0 Å². The van der Waals surface area contributed by atoms with E-state index in [4.69, 9.17) is 9.47 Å². The van der Waals surface area contributed by atoms with Crippen LogP contribution in [0.4, 0.5) is 8.78 Å². The number of hydrogen-bond acceptors (Lipinski definition) is 5. The molecule has 0 N–H and O–H groups in total. The maximum absolute atomic E-state index is 13.9. The van der Waals surface area contributed by atoms with Crippen LogP contribution in [0.25, 0.3) is 10.6 Å². The molecule has 0 radical (unpaired) electrons. The zero-order chi connectivity index (χ0) is 18.0. The third-order valence-corrected chi connectivity index (χ3v) is 5.23. The fourth-order valence-electron chi connectivity index (χ4n) is 2.98. The Labute approximate surface area is 148 Å². The minimum atomic E-state index is -0.703. The smallest absolute Gasteiger partial charge is 0.266 e. The van der Waals surface area contributed by atoms with Gasteiger partial charge in [0.2, 0.25) is 0 Å². The Balaban J connectivity index is 1.85. The number of carbonyl (C=O) groups excluding carboxylic acids is 1. The second-order valence-electron chi connectivity index (χ2n) is 5.79. The van der Waals surface area contributed by atoms with Gasteiger partial charge in [0, 0.05) is 20.8 Å². The summed E-state index contributed by atoms with van der Waals surface area (Å²) in [5.41, 5.74) is -0.212. The summed E-state index contributed by atoms with van der Waals surface area (Å²) in [6, 6.07) is 3.52. The van der Waals surface area contributed by atoms with Crippen LogP contribution in [0.1, 0.15) is 16.1 Å². The molecule has 1 aliphatic heterocycles. The van der Waals surface area contributed by atoms with Gasteiger partial charge in [0.05, 0.1) is 30.5 Å². The van der Waals surface area contributed by atoms with Gasteiger partial charge < -0.3 is 14.4 Å². The summed E-state index contributed by atoms with van der Waals surface area (Å²) >= 11 is 0.974. The molecule has 3 rings (SSSR count). The SMILES string of the molecule is COC[C@@H]1C[C@@H](OC)CN1C(=O)c1cnc(-c2c(F)cccc2F)s1. The number of hydrogen-bond donors (Lipinski definition) is 0. The fourth-order valence-corrected chi connectivity index (χ4v) is 3.90. The van der Waals surface area contributed by atoms with Crippen LogP contribution in [-0.2, 0) is 9.47 Å². The minimum Gasteiger partial charge on any atom is -0.383 e. The van der Waals surface area contributed by atoms with Gasteiger partial charge in [-0.2, -0.15) is 0 Å². The Morgan fingerprint density at radius 1 is 1.36 bits per heavy atom. The monoisotopic (exact) mass is 368 g/mol. The highest BCUT2D eigenvalue weighted by molar-refractivity contribution is 7.16. The number of amides is 1. The van der Waals surface area contributed by atoms with Gasteiger partial charge in [-0.15, -0.1) is 11.3 Å². The minimum absolute atomic E-state index is 0.0551. The van der Waals surface area contributed by atoms with Crippen LogP contribution in [0.15, 0.2) is 24.4 Å². The number of carbonyl (C=O) groups is 1. The fraction of sp³-hybridized carbons (Fsp3) is 0.412. The second-order valence-corrected chi connectivity index (χ2v) is 6.82. The molecule has 134 valence electrons. The maximum Gasteiger partial charge on any atom is 0.266 e. The first-order valence-corrected chi connectivity index (χ1v) is 8.59. The Morgan fingerprint density at radius 2 is 2.08 bits per heavy atom. The molecule has 2 atom stereocenters. The summed E-state index contributed by atoms with van der Waals surface area (Å²) in [4.78, 5) is 18.8. The van der Waals surface area contributed by atoms with E-state index in [2.05, 4.69) is 4.98 Å². The van der Waals surface area contributed by atoms with Gasteiger partial charge in [-0.3, -0.25) is 4.79 Å². The number of halogens is 2. The molecule has 1 aromatic carbocycles. The topological polar surface area (TPSA) is 51.7 Å². The van der Waals surface area contributed by atoms with E-state index in [1.54, 1.807) is 19.1 Å². The number of thiazole rings is 1. The van der Waals surface area contributed by atoms with Crippen LogP contribution < -0.4 is 0 Å². The first-order chi connectivity index (χ1) is 12.0. The van der Waals surface area contributed by atoms with E-state index >= 15 is 0 Å². The molecule has 1 fully saturated rings. The average molecular weight is 368 g/mol. The molecule has 0 spiro atoms.